The first-order valence-electron chi connectivity index (χ1n) is 7.30. The molecule has 0 heterocycles. The minimum absolute atomic E-state index is 0.152. The lowest BCUT2D eigenvalue weighted by Gasteiger charge is -2.30. The smallest absolute Gasteiger partial charge is 0.0667 e. The fourth-order valence-electron chi connectivity index (χ4n) is 2.48. The van der Waals surface area contributed by atoms with Gasteiger partial charge >= 0.3 is 0 Å². The molecule has 2 nitrogen and oxygen atoms in total. The summed E-state index contributed by atoms with van der Waals surface area (Å²) in [5.74, 6) is 1.45. The van der Waals surface area contributed by atoms with E-state index in [4.69, 9.17) is 0 Å². The number of hydrogen-bond donors (Lipinski definition) is 2. The summed E-state index contributed by atoms with van der Waals surface area (Å²) in [5, 5.41) is 13.4. The van der Waals surface area contributed by atoms with Crippen molar-refractivity contribution in [1.29, 1.82) is 0 Å². The highest BCUT2D eigenvalue weighted by Crippen LogP contribution is 2.28. The molecule has 17 heavy (non-hydrogen) atoms. The van der Waals surface area contributed by atoms with E-state index in [0.717, 1.165) is 25.4 Å². The van der Waals surface area contributed by atoms with E-state index in [-0.39, 0.29) is 6.10 Å². The Kier molecular flexibility index (Phi) is 5.94. The Morgan fingerprint density at radius 3 is 2.35 bits per heavy atom. The molecule has 0 aliphatic heterocycles. The van der Waals surface area contributed by atoms with Crippen LogP contribution in [0.2, 0.25) is 0 Å². The molecule has 0 aromatic carbocycles. The van der Waals surface area contributed by atoms with Gasteiger partial charge in [-0.25, -0.2) is 0 Å². The van der Waals surface area contributed by atoms with Crippen LogP contribution < -0.4 is 5.32 Å². The van der Waals surface area contributed by atoms with Crippen LogP contribution in [0.3, 0.4) is 0 Å². The van der Waals surface area contributed by atoms with Crippen molar-refractivity contribution >= 4 is 0 Å². The highest BCUT2D eigenvalue weighted by Gasteiger charge is 2.23. The molecule has 1 unspecified atom stereocenters. The van der Waals surface area contributed by atoms with Gasteiger partial charge in [0.05, 0.1) is 6.10 Å². The number of hydrogen-bond acceptors (Lipinski definition) is 2. The summed E-state index contributed by atoms with van der Waals surface area (Å²) in [6.45, 7) is 10.8. The average Bonchev–Trinajstić information content (AvgIpc) is 2.69. The lowest BCUT2D eigenvalue weighted by atomic mass is 9.81. The first-order valence-corrected chi connectivity index (χ1v) is 7.30. The SMILES string of the molecule is CC(C)C(C)(C)CNCC(O)CC1CCCC1. The maximum atomic E-state index is 9.98. The molecular formula is C15H31NO. The minimum atomic E-state index is -0.152. The van der Waals surface area contributed by atoms with Gasteiger partial charge in [0.2, 0.25) is 0 Å². The first kappa shape index (κ1) is 15.0. The van der Waals surface area contributed by atoms with E-state index < -0.39 is 0 Å². The molecule has 1 aliphatic rings. The monoisotopic (exact) mass is 241 g/mol. The van der Waals surface area contributed by atoms with Gasteiger partial charge < -0.3 is 10.4 Å². The third kappa shape index (κ3) is 5.39. The van der Waals surface area contributed by atoms with Crippen molar-refractivity contribution in [3.63, 3.8) is 0 Å². The van der Waals surface area contributed by atoms with Crippen molar-refractivity contribution in [1.82, 2.24) is 5.32 Å². The number of aliphatic hydroxyl groups is 1. The number of nitrogens with one attached hydrogen (secondary N) is 1. The molecular weight excluding hydrogens is 210 g/mol. The first-order chi connectivity index (χ1) is 7.92. The van der Waals surface area contributed by atoms with E-state index in [1.165, 1.54) is 25.7 Å². The second kappa shape index (κ2) is 6.75. The topological polar surface area (TPSA) is 32.3 Å². The molecule has 1 aliphatic carbocycles. The summed E-state index contributed by atoms with van der Waals surface area (Å²) in [4.78, 5) is 0. The molecule has 0 bridgehead atoms. The third-order valence-electron chi connectivity index (χ3n) is 4.60. The molecule has 1 fully saturated rings. The van der Waals surface area contributed by atoms with Crippen LogP contribution in [0.4, 0.5) is 0 Å². The third-order valence-corrected chi connectivity index (χ3v) is 4.60. The van der Waals surface area contributed by atoms with Gasteiger partial charge in [-0.15, -0.1) is 0 Å². The molecule has 1 rings (SSSR count). The van der Waals surface area contributed by atoms with Gasteiger partial charge in [0.25, 0.3) is 0 Å². The zero-order valence-corrected chi connectivity index (χ0v) is 12.1. The maximum absolute atomic E-state index is 9.98. The van der Waals surface area contributed by atoms with Gasteiger partial charge in [-0.1, -0.05) is 53.4 Å². The van der Waals surface area contributed by atoms with Crippen LogP contribution in [0.5, 0.6) is 0 Å². The van der Waals surface area contributed by atoms with Crippen LogP contribution in [0.15, 0.2) is 0 Å². The van der Waals surface area contributed by atoms with Crippen molar-refractivity contribution in [2.75, 3.05) is 13.1 Å². The van der Waals surface area contributed by atoms with E-state index >= 15 is 0 Å². The van der Waals surface area contributed by atoms with Crippen LogP contribution in [0.25, 0.3) is 0 Å². The standard InChI is InChI=1S/C15H31NO/c1-12(2)15(3,4)11-16-10-14(17)9-13-7-5-6-8-13/h12-14,16-17H,5-11H2,1-4H3. The second-order valence-electron chi connectivity index (χ2n) is 6.81. The van der Waals surface area contributed by atoms with Crippen LogP contribution in [-0.4, -0.2) is 24.3 Å². The van der Waals surface area contributed by atoms with E-state index in [9.17, 15) is 5.11 Å². The van der Waals surface area contributed by atoms with Gasteiger partial charge in [-0.2, -0.15) is 0 Å². The molecule has 1 saturated carbocycles. The Balaban J connectivity index is 2.13. The van der Waals surface area contributed by atoms with Crippen molar-refractivity contribution in [2.45, 2.75) is 65.9 Å². The van der Waals surface area contributed by atoms with Gasteiger partial charge in [0.1, 0.15) is 0 Å². The summed E-state index contributed by atoms with van der Waals surface area (Å²) in [6.07, 6.45) is 6.23. The lowest BCUT2D eigenvalue weighted by Crippen LogP contribution is -2.37. The highest BCUT2D eigenvalue weighted by molar-refractivity contribution is 4.77. The summed E-state index contributed by atoms with van der Waals surface area (Å²) >= 11 is 0. The van der Waals surface area contributed by atoms with Crippen molar-refractivity contribution in [3.8, 4) is 0 Å². The van der Waals surface area contributed by atoms with E-state index in [1.54, 1.807) is 0 Å². The molecule has 0 amide bonds. The molecule has 0 aromatic heterocycles. The van der Waals surface area contributed by atoms with Gasteiger partial charge in [0.15, 0.2) is 0 Å². The molecule has 0 saturated heterocycles. The highest BCUT2D eigenvalue weighted by atomic mass is 16.3. The zero-order valence-electron chi connectivity index (χ0n) is 12.1. The second-order valence-corrected chi connectivity index (χ2v) is 6.81. The van der Waals surface area contributed by atoms with Crippen LogP contribution in [-0.2, 0) is 0 Å². The summed E-state index contributed by atoms with van der Waals surface area (Å²) < 4.78 is 0. The maximum Gasteiger partial charge on any atom is 0.0667 e. The number of rotatable bonds is 7. The Hall–Kier alpha value is -0.0800. The molecule has 0 radical (unpaired) electrons. The molecule has 1 atom stereocenters. The predicted molar refractivity (Wildman–Crippen MR) is 74.1 cm³/mol. The van der Waals surface area contributed by atoms with Crippen molar-refractivity contribution < 1.29 is 5.11 Å². The average molecular weight is 241 g/mol. The molecule has 0 aromatic rings. The molecule has 102 valence electrons. The van der Waals surface area contributed by atoms with Crippen molar-refractivity contribution in [3.05, 3.63) is 0 Å². The molecule has 0 spiro atoms. The lowest BCUT2D eigenvalue weighted by molar-refractivity contribution is 0.132. The zero-order chi connectivity index (χ0) is 12.9. The van der Waals surface area contributed by atoms with E-state index in [1.807, 2.05) is 0 Å². The van der Waals surface area contributed by atoms with Crippen LogP contribution in [0, 0.1) is 17.3 Å². The van der Waals surface area contributed by atoms with Gasteiger partial charge in [-0.3, -0.25) is 0 Å². The Labute approximate surface area is 107 Å². The van der Waals surface area contributed by atoms with Gasteiger partial charge in [0, 0.05) is 13.1 Å². The van der Waals surface area contributed by atoms with Crippen LogP contribution in [0.1, 0.15) is 59.8 Å². The Bertz CT molecular complexity index is 207. The quantitative estimate of drug-likeness (QED) is 0.717. The van der Waals surface area contributed by atoms with Crippen LogP contribution >= 0.6 is 0 Å². The molecule has 2 heteroatoms. The summed E-state index contributed by atoms with van der Waals surface area (Å²) in [7, 11) is 0. The minimum Gasteiger partial charge on any atom is -0.392 e. The molecule has 2 N–H and O–H groups in total. The van der Waals surface area contributed by atoms with Gasteiger partial charge in [-0.05, 0) is 23.7 Å². The Morgan fingerprint density at radius 1 is 1.24 bits per heavy atom. The van der Waals surface area contributed by atoms with E-state index in [0.29, 0.717) is 11.3 Å². The summed E-state index contributed by atoms with van der Waals surface area (Å²) in [5.41, 5.74) is 0.313. The van der Waals surface area contributed by atoms with Crippen molar-refractivity contribution in [2.24, 2.45) is 17.3 Å². The fraction of sp³-hybridized carbons (Fsp3) is 1.00. The summed E-state index contributed by atoms with van der Waals surface area (Å²) in [6, 6.07) is 0. The normalized spacial score (nSPS) is 20.1. The fourth-order valence-corrected chi connectivity index (χ4v) is 2.48. The Morgan fingerprint density at radius 2 is 1.82 bits per heavy atom. The predicted octanol–water partition coefficient (Wildman–Crippen LogP) is 3.20. The largest absolute Gasteiger partial charge is 0.392 e. The number of aliphatic hydroxyl groups excluding tert-OH is 1. The van der Waals surface area contributed by atoms with E-state index in [2.05, 4.69) is 33.0 Å².